The fraction of sp³-hybridized carbons (Fsp3) is 0.647. The molecule has 0 spiro atoms. The third-order valence-electron chi connectivity index (χ3n) is 6.02. The predicted octanol–water partition coefficient (Wildman–Crippen LogP) is 2.72. The van der Waals surface area contributed by atoms with Crippen molar-refractivity contribution in [2.45, 2.75) is 26.2 Å². The van der Waals surface area contributed by atoms with Gasteiger partial charge in [-0.25, -0.2) is 0 Å². The zero-order chi connectivity index (χ0) is 13.0. The largest absolute Gasteiger partial charge is 0.481 e. The summed E-state index contributed by atoms with van der Waals surface area (Å²) in [5, 5.41) is 0. The highest BCUT2D eigenvalue weighted by atomic mass is 15.3. The Balaban J connectivity index is 1.59. The number of hydrogen-bond donors (Lipinski definition) is 0. The van der Waals surface area contributed by atoms with Crippen molar-refractivity contribution in [1.29, 1.82) is 0 Å². The number of quaternary nitrogens is 1. The van der Waals surface area contributed by atoms with Gasteiger partial charge < -0.3 is 4.39 Å². The van der Waals surface area contributed by atoms with E-state index in [4.69, 9.17) is 7.98 Å². The van der Waals surface area contributed by atoms with Gasteiger partial charge in [-0.2, -0.15) is 0 Å². The molecule has 4 aliphatic rings. The molecule has 2 heteroatoms. The lowest BCUT2D eigenvalue weighted by molar-refractivity contribution is -0.853. The van der Waals surface area contributed by atoms with Crippen LogP contribution >= 0.6 is 0 Å². The Bertz CT molecular complexity index is 482. The molecule has 4 fully saturated rings. The van der Waals surface area contributed by atoms with E-state index in [1.54, 1.807) is 5.56 Å². The Hall–Kier alpha value is -0.755. The topological polar surface area (TPSA) is 0 Å². The van der Waals surface area contributed by atoms with Crippen LogP contribution in [-0.4, -0.2) is 32.0 Å². The first kappa shape index (κ1) is 12.0. The second kappa shape index (κ2) is 4.12. The number of nitrogens with zero attached hydrogens (tertiary/aromatic N) is 1. The number of hydrogen-bond acceptors (Lipinski definition) is 0. The summed E-state index contributed by atoms with van der Waals surface area (Å²) < 4.78 is 0.893. The average molecular weight is 252 g/mol. The minimum Gasteiger partial charge on any atom is -0.396 e. The Kier molecular flexibility index (Phi) is 2.61. The lowest BCUT2D eigenvalue weighted by atomic mass is 9.58. The van der Waals surface area contributed by atoms with Gasteiger partial charge >= 0.3 is 7.98 Å². The molecule has 0 amide bonds. The van der Waals surface area contributed by atoms with Crippen molar-refractivity contribution in [3.63, 3.8) is 0 Å². The number of aryl methyl sites for hydroxylation is 1. The Morgan fingerprint density at radius 2 is 1.79 bits per heavy atom. The fourth-order valence-corrected chi connectivity index (χ4v) is 5.35. The van der Waals surface area contributed by atoms with Gasteiger partial charge in [-0.15, -0.1) is 0 Å². The van der Waals surface area contributed by atoms with Gasteiger partial charge in [-0.3, -0.25) is 0 Å². The van der Waals surface area contributed by atoms with E-state index in [0.717, 1.165) is 28.1 Å². The van der Waals surface area contributed by atoms with Crippen molar-refractivity contribution >= 4 is 7.98 Å². The monoisotopic (exact) mass is 252 g/mol. The van der Waals surface area contributed by atoms with Crippen molar-refractivity contribution in [2.24, 2.45) is 23.7 Å². The highest BCUT2D eigenvalue weighted by Crippen LogP contribution is 2.50. The van der Waals surface area contributed by atoms with Crippen LogP contribution < -0.4 is 0 Å². The molecular weight excluding hydrogens is 229 g/mol. The quantitative estimate of drug-likeness (QED) is 0.710. The Labute approximate surface area is 118 Å². The minimum atomic E-state index is 0.885. The summed E-state index contributed by atoms with van der Waals surface area (Å²) in [5.41, 5.74) is 3.03. The van der Waals surface area contributed by atoms with E-state index in [0.29, 0.717) is 0 Å². The molecule has 3 saturated heterocycles. The molecule has 3 aliphatic heterocycles. The van der Waals surface area contributed by atoms with Crippen molar-refractivity contribution < 1.29 is 4.39 Å². The standard InChI is InChI=1S/C17H23BN/c1-12-4-2-3-5-14(12)8-17-15-6-13-7-16(17)11-19(18,9-13)10-15/h2-5,13,15-17H,6-11H2,1H3/q+1. The smallest absolute Gasteiger partial charge is 0.396 e. The van der Waals surface area contributed by atoms with Crippen molar-refractivity contribution in [3.8, 4) is 0 Å². The van der Waals surface area contributed by atoms with Crippen LogP contribution in [0.1, 0.15) is 24.0 Å². The molecule has 1 aliphatic carbocycles. The predicted molar refractivity (Wildman–Crippen MR) is 78.7 cm³/mol. The van der Waals surface area contributed by atoms with Crippen LogP contribution in [-0.2, 0) is 6.42 Å². The molecule has 3 heterocycles. The molecule has 2 atom stereocenters. The van der Waals surface area contributed by atoms with Gasteiger partial charge in [0, 0.05) is 17.8 Å². The lowest BCUT2D eigenvalue weighted by Gasteiger charge is -2.60. The molecule has 2 unspecified atom stereocenters. The molecule has 98 valence electrons. The van der Waals surface area contributed by atoms with Crippen LogP contribution in [0.15, 0.2) is 24.3 Å². The van der Waals surface area contributed by atoms with Crippen LogP contribution in [0.5, 0.6) is 0 Å². The van der Waals surface area contributed by atoms with Gasteiger partial charge in [0.2, 0.25) is 0 Å². The molecule has 1 aromatic carbocycles. The number of rotatable bonds is 2. The van der Waals surface area contributed by atoms with Crippen LogP contribution in [0, 0.1) is 30.6 Å². The second-order valence-electron chi connectivity index (χ2n) is 7.42. The summed E-state index contributed by atoms with van der Waals surface area (Å²) in [6.07, 6.45) is 4.18. The first-order valence-corrected chi connectivity index (χ1v) is 7.82. The molecule has 1 aromatic rings. The van der Waals surface area contributed by atoms with Crippen molar-refractivity contribution in [3.05, 3.63) is 35.4 Å². The van der Waals surface area contributed by atoms with Gasteiger partial charge in [-0.1, -0.05) is 24.3 Å². The van der Waals surface area contributed by atoms with Gasteiger partial charge in [0.25, 0.3) is 0 Å². The summed E-state index contributed by atoms with van der Waals surface area (Å²) in [6, 6.07) is 8.93. The van der Waals surface area contributed by atoms with E-state index >= 15 is 0 Å². The molecule has 4 bridgehead atoms. The van der Waals surface area contributed by atoms with E-state index in [1.807, 2.05) is 0 Å². The van der Waals surface area contributed by atoms with Gasteiger partial charge in [0.15, 0.2) is 0 Å². The molecule has 5 rings (SSSR count). The van der Waals surface area contributed by atoms with Crippen LogP contribution in [0.4, 0.5) is 0 Å². The molecule has 0 N–H and O–H groups in total. The maximum atomic E-state index is 6.54. The second-order valence-corrected chi connectivity index (χ2v) is 7.42. The van der Waals surface area contributed by atoms with Gasteiger partial charge in [-0.05, 0) is 43.2 Å². The number of benzene rings is 1. The van der Waals surface area contributed by atoms with Crippen LogP contribution in [0.3, 0.4) is 0 Å². The third-order valence-corrected chi connectivity index (χ3v) is 6.02. The minimum absolute atomic E-state index is 0.885. The first-order valence-electron chi connectivity index (χ1n) is 7.82. The molecule has 1 nitrogen and oxygen atoms in total. The SMILES string of the molecule is [B][N+]12CC3CC(C1)C(Cc1ccccc1C)C(C3)C2. The third kappa shape index (κ3) is 1.96. The molecule has 2 radical (unpaired) electrons. The molecular formula is C17H23BN+. The van der Waals surface area contributed by atoms with Crippen LogP contribution in [0.25, 0.3) is 0 Å². The Morgan fingerprint density at radius 1 is 1.11 bits per heavy atom. The summed E-state index contributed by atoms with van der Waals surface area (Å²) in [6.45, 7) is 5.99. The van der Waals surface area contributed by atoms with Crippen LogP contribution in [0.2, 0.25) is 0 Å². The van der Waals surface area contributed by atoms with Gasteiger partial charge in [0.1, 0.15) is 0 Å². The molecule has 1 saturated carbocycles. The van der Waals surface area contributed by atoms with E-state index in [9.17, 15) is 0 Å². The summed E-state index contributed by atoms with van der Waals surface area (Å²) in [4.78, 5) is 0. The van der Waals surface area contributed by atoms with Crippen molar-refractivity contribution in [2.75, 3.05) is 19.6 Å². The fourth-order valence-electron chi connectivity index (χ4n) is 5.35. The zero-order valence-corrected chi connectivity index (χ0v) is 11.9. The lowest BCUT2D eigenvalue weighted by Crippen LogP contribution is -2.67. The first-order chi connectivity index (χ1) is 9.13. The van der Waals surface area contributed by atoms with E-state index < -0.39 is 0 Å². The van der Waals surface area contributed by atoms with E-state index in [-0.39, 0.29) is 0 Å². The summed E-state index contributed by atoms with van der Waals surface area (Å²) in [5.74, 6) is 3.59. The average Bonchev–Trinajstić information content (AvgIpc) is 2.34. The maximum Gasteiger partial charge on any atom is 0.481 e. The zero-order valence-electron chi connectivity index (χ0n) is 11.9. The van der Waals surface area contributed by atoms with E-state index in [1.165, 1.54) is 44.5 Å². The van der Waals surface area contributed by atoms with Gasteiger partial charge in [0.05, 0.1) is 19.6 Å². The summed E-state index contributed by atoms with van der Waals surface area (Å²) >= 11 is 0. The normalized spacial score (nSPS) is 43.6. The molecule has 19 heavy (non-hydrogen) atoms. The number of piperidine rings is 3. The van der Waals surface area contributed by atoms with E-state index in [2.05, 4.69) is 31.2 Å². The highest BCUT2D eigenvalue weighted by molar-refractivity contribution is 5.97. The maximum absolute atomic E-state index is 6.54. The summed E-state index contributed by atoms with van der Waals surface area (Å²) in [7, 11) is 6.54. The van der Waals surface area contributed by atoms with Crippen molar-refractivity contribution in [1.82, 2.24) is 0 Å². The molecule has 0 aromatic heterocycles. The Morgan fingerprint density at radius 3 is 2.42 bits per heavy atom. The highest BCUT2D eigenvalue weighted by Gasteiger charge is 2.53.